The molecule has 0 radical (unpaired) electrons. The number of benzene rings is 1. The summed E-state index contributed by atoms with van der Waals surface area (Å²) in [7, 11) is 0. The molecule has 1 aromatic rings. The number of aliphatic hydroxyl groups excluding tert-OH is 5. The molecule has 22 heavy (non-hydrogen) atoms. The number of hydrogen-bond donors (Lipinski definition) is 6. The quantitative estimate of drug-likeness (QED) is 0.367. The number of para-hydroxylation sites is 1. The number of anilines is 1. The second kappa shape index (κ2) is 7.05. The summed E-state index contributed by atoms with van der Waals surface area (Å²) in [5, 5.41) is 51.6. The van der Waals surface area contributed by atoms with Crippen molar-refractivity contribution in [1.29, 1.82) is 0 Å². The first-order valence-corrected chi connectivity index (χ1v) is 7.34. The molecule has 5 atom stereocenters. The van der Waals surface area contributed by atoms with E-state index in [4.69, 9.17) is 28.9 Å². The van der Waals surface area contributed by atoms with Gasteiger partial charge in [-0.25, -0.2) is 0 Å². The van der Waals surface area contributed by atoms with E-state index in [1.165, 1.54) is 4.90 Å². The van der Waals surface area contributed by atoms with Gasteiger partial charge in [-0.3, -0.25) is 4.90 Å². The van der Waals surface area contributed by atoms with Crippen molar-refractivity contribution in [3.8, 4) is 0 Å². The molecule has 6 N–H and O–H groups in total. The van der Waals surface area contributed by atoms with Crippen LogP contribution in [0.1, 0.15) is 0 Å². The molecular weight excluding hydrogens is 332 g/mol. The van der Waals surface area contributed by atoms with Crippen molar-refractivity contribution >= 4 is 34.6 Å². The summed E-state index contributed by atoms with van der Waals surface area (Å²) in [6.45, 7) is -0.723. The minimum Gasteiger partial charge on any atom is -0.394 e. The smallest absolute Gasteiger partial charge is 0.176 e. The fourth-order valence-corrected chi connectivity index (χ4v) is 2.85. The molecule has 9 heteroatoms. The predicted molar refractivity (Wildman–Crippen MR) is 84.6 cm³/mol. The first kappa shape index (κ1) is 17.4. The van der Waals surface area contributed by atoms with Gasteiger partial charge in [0.1, 0.15) is 24.4 Å². The van der Waals surface area contributed by atoms with Crippen LogP contribution < -0.4 is 10.2 Å². The van der Waals surface area contributed by atoms with Gasteiger partial charge in [-0.2, -0.15) is 0 Å². The summed E-state index contributed by atoms with van der Waals surface area (Å²) >= 11 is 11.2. The highest BCUT2D eigenvalue weighted by Crippen LogP contribution is 2.30. The SMILES string of the molecule is OC[C@@H](O)[C@@H](O)[C@H](O)C1NC(=S)N(c2ccccc2Cl)[C@H]1O. The maximum absolute atomic E-state index is 10.4. The van der Waals surface area contributed by atoms with Crippen LogP contribution >= 0.6 is 23.8 Å². The first-order chi connectivity index (χ1) is 10.4. The number of rotatable bonds is 5. The maximum Gasteiger partial charge on any atom is 0.176 e. The van der Waals surface area contributed by atoms with E-state index in [0.29, 0.717) is 10.7 Å². The Balaban J connectivity index is 2.22. The first-order valence-electron chi connectivity index (χ1n) is 6.56. The van der Waals surface area contributed by atoms with Gasteiger partial charge in [0.15, 0.2) is 11.3 Å². The minimum atomic E-state index is -1.65. The van der Waals surface area contributed by atoms with Crippen molar-refractivity contribution in [1.82, 2.24) is 5.32 Å². The van der Waals surface area contributed by atoms with Gasteiger partial charge in [0.05, 0.1) is 17.3 Å². The van der Waals surface area contributed by atoms with Crippen LogP contribution in [0.4, 0.5) is 5.69 Å². The van der Waals surface area contributed by atoms with Gasteiger partial charge in [0, 0.05) is 0 Å². The van der Waals surface area contributed by atoms with Gasteiger partial charge in [-0.05, 0) is 24.4 Å². The Morgan fingerprint density at radius 3 is 2.50 bits per heavy atom. The van der Waals surface area contributed by atoms with Crippen molar-refractivity contribution < 1.29 is 25.5 Å². The van der Waals surface area contributed by atoms with Crippen LogP contribution in [-0.2, 0) is 0 Å². The van der Waals surface area contributed by atoms with Gasteiger partial charge in [0.25, 0.3) is 0 Å². The molecule has 1 fully saturated rings. The second-order valence-electron chi connectivity index (χ2n) is 4.94. The zero-order valence-corrected chi connectivity index (χ0v) is 12.9. The monoisotopic (exact) mass is 348 g/mol. The standard InChI is InChI=1S/C13H17ClN2O5S/c14-6-3-1-2-4-7(6)16-12(21)9(15-13(16)22)11(20)10(19)8(18)5-17/h1-4,8-12,17-21H,5H2,(H,15,22)/t8-,9?,10-,11-,12+/m1/s1. The zero-order valence-electron chi connectivity index (χ0n) is 11.4. The van der Waals surface area contributed by atoms with Crippen molar-refractivity contribution in [2.75, 3.05) is 11.5 Å². The summed E-state index contributed by atoms with van der Waals surface area (Å²) in [5.74, 6) is 0. The molecule has 0 aromatic heterocycles. The Labute approximate surface area is 137 Å². The molecule has 1 aromatic carbocycles. The van der Waals surface area contributed by atoms with E-state index in [0.717, 1.165) is 0 Å². The Morgan fingerprint density at radius 1 is 1.27 bits per heavy atom. The van der Waals surface area contributed by atoms with Crippen molar-refractivity contribution in [3.05, 3.63) is 29.3 Å². The fourth-order valence-electron chi connectivity index (χ4n) is 2.28. The van der Waals surface area contributed by atoms with E-state index in [9.17, 15) is 20.4 Å². The Morgan fingerprint density at radius 2 is 1.91 bits per heavy atom. The third-order valence-corrected chi connectivity index (χ3v) is 4.14. The average Bonchev–Trinajstić information content (AvgIpc) is 2.80. The average molecular weight is 349 g/mol. The molecule has 2 rings (SSSR count). The van der Waals surface area contributed by atoms with Gasteiger partial charge >= 0.3 is 0 Å². The lowest BCUT2D eigenvalue weighted by molar-refractivity contribution is -0.0946. The highest BCUT2D eigenvalue weighted by molar-refractivity contribution is 7.80. The van der Waals surface area contributed by atoms with E-state index in [-0.39, 0.29) is 5.11 Å². The fraction of sp³-hybridized carbons (Fsp3) is 0.462. The molecule has 0 spiro atoms. The van der Waals surface area contributed by atoms with Crippen LogP contribution in [0.3, 0.4) is 0 Å². The lowest BCUT2D eigenvalue weighted by Gasteiger charge is -2.29. The topological polar surface area (TPSA) is 116 Å². The Bertz CT molecular complexity index is 549. The molecule has 122 valence electrons. The lowest BCUT2D eigenvalue weighted by atomic mass is 10.0. The molecular formula is C13H17ClN2O5S. The van der Waals surface area contributed by atoms with Crippen LogP contribution in [0.2, 0.25) is 5.02 Å². The van der Waals surface area contributed by atoms with Gasteiger partial charge in [-0.1, -0.05) is 23.7 Å². The third-order valence-electron chi connectivity index (χ3n) is 3.51. The molecule has 1 saturated heterocycles. The molecule has 1 unspecified atom stereocenters. The van der Waals surface area contributed by atoms with Crippen molar-refractivity contribution in [2.45, 2.75) is 30.6 Å². The number of thiocarbonyl (C=S) groups is 1. The number of hydrogen-bond acceptors (Lipinski definition) is 6. The van der Waals surface area contributed by atoms with E-state index in [1.807, 2.05) is 0 Å². The van der Waals surface area contributed by atoms with E-state index >= 15 is 0 Å². The molecule has 1 aliphatic rings. The molecule has 1 aliphatic heterocycles. The van der Waals surface area contributed by atoms with Crippen LogP contribution in [-0.4, -0.2) is 67.8 Å². The predicted octanol–water partition coefficient (Wildman–Crippen LogP) is -1.20. The van der Waals surface area contributed by atoms with Crippen molar-refractivity contribution in [2.24, 2.45) is 0 Å². The Kier molecular flexibility index (Phi) is 5.56. The minimum absolute atomic E-state index is 0.121. The van der Waals surface area contributed by atoms with Crippen molar-refractivity contribution in [3.63, 3.8) is 0 Å². The largest absolute Gasteiger partial charge is 0.394 e. The van der Waals surface area contributed by atoms with E-state index in [1.54, 1.807) is 24.3 Å². The molecule has 0 amide bonds. The van der Waals surface area contributed by atoms with Crippen LogP contribution in [0.5, 0.6) is 0 Å². The number of aliphatic hydroxyl groups is 5. The summed E-state index contributed by atoms with van der Waals surface area (Å²) < 4.78 is 0. The molecule has 0 bridgehead atoms. The second-order valence-corrected chi connectivity index (χ2v) is 5.74. The third kappa shape index (κ3) is 3.18. The highest BCUT2D eigenvalue weighted by atomic mass is 35.5. The van der Waals surface area contributed by atoms with Crippen LogP contribution in [0, 0.1) is 0 Å². The van der Waals surface area contributed by atoms with Gasteiger partial charge in [-0.15, -0.1) is 0 Å². The number of nitrogens with zero attached hydrogens (tertiary/aromatic N) is 1. The molecule has 7 nitrogen and oxygen atoms in total. The summed E-state index contributed by atoms with van der Waals surface area (Å²) in [4.78, 5) is 1.31. The van der Waals surface area contributed by atoms with Crippen LogP contribution in [0.25, 0.3) is 0 Å². The lowest BCUT2D eigenvalue weighted by Crippen LogP contribution is -2.53. The van der Waals surface area contributed by atoms with E-state index < -0.39 is 37.2 Å². The van der Waals surface area contributed by atoms with E-state index in [2.05, 4.69) is 5.32 Å². The number of halogens is 1. The normalized spacial score (nSPS) is 25.7. The van der Waals surface area contributed by atoms with Gasteiger partial charge < -0.3 is 30.8 Å². The highest BCUT2D eigenvalue weighted by Gasteiger charge is 2.44. The summed E-state index contributed by atoms with van der Waals surface area (Å²) in [6, 6.07) is 5.65. The van der Waals surface area contributed by atoms with Gasteiger partial charge in [0.2, 0.25) is 0 Å². The zero-order chi connectivity index (χ0) is 16.4. The molecule has 0 saturated carbocycles. The van der Waals surface area contributed by atoms with Crippen LogP contribution in [0.15, 0.2) is 24.3 Å². The molecule has 1 heterocycles. The molecule has 0 aliphatic carbocycles. The maximum atomic E-state index is 10.4. The number of nitrogens with one attached hydrogen (secondary N) is 1. The summed E-state index contributed by atoms with van der Waals surface area (Å²) in [6.07, 6.45) is -6.04. The summed E-state index contributed by atoms with van der Waals surface area (Å²) in [5.41, 5.74) is 0.445. The Hall–Kier alpha value is -1.00.